The van der Waals surface area contributed by atoms with E-state index in [1.807, 2.05) is 18.4 Å². The van der Waals surface area contributed by atoms with E-state index in [0.29, 0.717) is 5.69 Å². The largest absolute Gasteiger partial charge is 0.465 e. The van der Waals surface area contributed by atoms with E-state index in [-0.39, 0.29) is 9.77 Å². The molecule has 0 saturated carbocycles. The Morgan fingerprint density at radius 3 is 2.72 bits per heavy atom. The highest BCUT2D eigenvalue weighted by Crippen LogP contribution is 2.28. The second-order valence-corrected chi connectivity index (χ2v) is 8.67. The number of ether oxygens (including phenoxy) is 1. The van der Waals surface area contributed by atoms with Crippen molar-refractivity contribution in [3.63, 3.8) is 0 Å². The molecule has 25 heavy (non-hydrogen) atoms. The number of thiazole rings is 1. The van der Waals surface area contributed by atoms with E-state index >= 15 is 0 Å². The van der Waals surface area contributed by atoms with E-state index in [2.05, 4.69) is 14.4 Å². The standard InChI is InChI=1S/C16H14N2O4S3/c1-10-17-13(9-24-10)11-4-3-5-12(8-11)18-25(20,21)14-6-7-23-15(14)16(19)22-2/h3-9,18H,1-2H3. The molecule has 2 heterocycles. The number of carbonyl (C=O) groups excluding carboxylic acids is 1. The first-order chi connectivity index (χ1) is 11.9. The summed E-state index contributed by atoms with van der Waals surface area (Å²) in [5, 5.41) is 4.38. The van der Waals surface area contributed by atoms with Gasteiger partial charge in [0.25, 0.3) is 10.0 Å². The van der Waals surface area contributed by atoms with Crippen molar-refractivity contribution in [3.05, 3.63) is 51.0 Å². The Hall–Kier alpha value is -2.23. The first kappa shape index (κ1) is 17.6. The molecule has 9 heteroatoms. The van der Waals surface area contributed by atoms with E-state index in [9.17, 15) is 13.2 Å². The fraction of sp³-hybridized carbons (Fsp3) is 0.125. The smallest absolute Gasteiger partial charge is 0.349 e. The summed E-state index contributed by atoms with van der Waals surface area (Å²) in [4.78, 5) is 16.1. The molecule has 130 valence electrons. The van der Waals surface area contributed by atoms with Crippen LogP contribution >= 0.6 is 22.7 Å². The number of nitrogens with zero attached hydrogens (tertiary/aromatic N) is 1. The summed E-state index contributed by atoms with van der Waals surface area (Å²) in [6.45, 7) is 1.91. The Morgan fingerprint density at radius 1 is 1.24 bits per heavy atom. The number of carbonyl (C=O) groups is 1. The van der Waals surface area contributed by atoms with E-state index < -0.39 is 16.0 Å². The van der Waals surface area contributed by atoms with Crippen LogP contribution in [0, 0.1) is 6.92 Å². The van der Waals surface area contributed by atoms with Gasteiger partial charge < -0.3 is 4.74 Å². The molecule has 0 radical (unpaired) electrons. The monoisotopic (exact) mass is 394 g/mol. The van der Waals surface area contributed by atoms with Crippen LogP contribution in [0.1, 0.15) is 14.7 Å². The minimum atomic E-state index is -3.91. The maximum atomic E-state index is 12.6. The molecular weight excluding hydrogens is 380 g/mol. The highest BCUT2D eigenvalue weighted by atomic mass is 32.2. The van der Waals surface area contributed by atoms with Gasteiger partial charge in [-0.3, -0.25) is 4.72 Å². The van der Waals surface area contributed by atoms with Gasteiger partial charge in [0.1, 0.15) is 9.77 Å². The molecule has 0 amide bonds. The zero-order valence-electron chi connectivity index (χ0n) is 13.3. The van der Waals surface area contributed by atoms with E-state index in [1.54, 1.807) is 18.2 Å². The van der Waals surface area contributed by atoms with Gasteiger partial charge in [-0.25, -0.2) is 18.2 Å². The van der Waals surface area contributed by atoms with Crippen molar-refractivity contribution < 1.29 is 17.9 Å². The van der Waals surface area contributed by atoms with Crippen LogP contribution in [-0.2, 0) is 14.8 Å². The molecule has 0 aliphatic rings. The highest BCUT2D eigenvalue weighted by Gasteiger charge is 2.24. The third kappa shape index (κ3) is 3.73. The number of benzene rings is 1. The van der Waals surface area contributed by atoms with Gasteiger partial charge in [-0.1, -0.05) is 12.1 Å². The Kier molecular flexibility index (Phi) is 4.89. The number of anilines is 1. The fourth-order valence-corrected chi connectivity index (χ4v) is 5.21. The summed E-state index contributed by atoms with van der Waals surface area (Å²) < 4.78 is 32.4. The SMILES string of the molecule is COC(=O)c1sccc1S(=O)(=O)Nc1cccc(-c2csc(C)n2)c1. The number of aromatic nitrogens is 1. The van der Waals surface area contributed by atoms with E-state index in [4.69, 9.17) is 0 Å². The van der Waals surface area contributed by atoms with Crippen molar-refractivity contribution >= 4 is 44.4 Å². The third-order valence-corrected chi connectivity index (χ3v) is 6.54. The molecule has 3 rings (SSSR count). The van der Waals surface area contributed by atoms with Crippen molar-refractivity contribution in [2.75, 3.05) is 11.8 Å². The zero-order chi connectivity index (χ0) is 18.0. The maximum absolute atomic E-state index is 12.6. The van der Waals surface area contributed by atoms with Gasteiger partial charge in [0, 0.05) is 16.6 Å². The third-order valence-electron chi connectivity index (χ3n) is 3.32. The predicted octanol–water partition coefficient (Wildman–Crippen LogP) is 3.77. The van der Waals surface area contributed by atoms with Crippen LogP contribution in [0.15, 0.2) is 46.0 Å². The summed E-state index contributed by atoms with van der Waals surface area (Å²) in [5.74, 6) is -0.679. The highest BCUT2D eigenvalue weighted by molar-refractivity contribution is 7.93. The van der Waals surface area contributed by atoms with E-state index in [1.165, 1.54) is 29.9 Å². The lowest BCUT2D eigenvalue weighted by Gasteiger charge is -2.09. The maximum Gasteiger partial charge on any atom is 0.349 e. The number of thiophene rings is 1. The Bertz CT molecular complexity index is 1020. The van der Waals surface area contributed by atoms with E-state index in [0.717, 1.165) is 27.6 Å². The summed E-state index contributed by atoms with van der Waals surface area (Å²) in [5.41, 5.74) is 1.99. The summed E-state index contributed by atoms with van der Waals surface area (Å²) in [7, 11) is -2.69. The number of methoxy groups -OCH3 is 1. The molecule has 1 N–H and O–H groups in total. The summed E-state index contributed by atoms with van der Waals surface area (Å²) in [6, 6.07) is 8.33. The zero-order valence-corrected chi connectivity index (χ0v) is 15.8. The van der Waals surface area contributed by atoms with Crippen LogP contribution in [0.2, 0.25) is 0 Å². The van der Waals surface area contributed by atoms with Gasteiger partial charge in [-0.15, -0.1) is 22.7 Å². The topological polar surface area (TPSA) is 85.4 Å². The number of esters is 1. The number of hydrogen-bond donors (Lipinski definition) is 1. The molecule has 1 aromatic carbocycles. The Morgan fingerprint density at radius 2 is 2.04 bits per heavy atom. The second kappa shape index (κ2) is 6.95. The molecule has 6 nitrogen and oxygen atoms in total. The first-order valence-electron chi connectivity index (χ1n) is 7.12. The molecule has 0 unspecified atom stereocenters. The van der Waals surface area contributed by atoms with Gasteiger partial charge in [0.2, 0.25) is 0 Å². The molecule has 0 atom stereocenters. The summed E-state index contributed by atoms with van der Waals surface area (Å²) >= 11 is 2.54. The van der Waals surface area contributed by atoms with Crippen molar-refractivity contribution in [2.24, 2.45) is 0 Å². The van der Waals surface area contributed by atoms with Gasteiger partial charge in [0.15, 0.2) is 0 Å². The molecule has 2 aromatic heterocycles. The lowest BCUT2D eigenvalue weighted by molar-refractivity contribution is 0.0602. The minimum absolute atomic E-state index is 0.0429. The molecule has 3 aromatic rings. The quantitative estimate of drug-likeness (QED) is 0.666. The van der Waals surface area contributed by atoms with Gasteiger partial charge in [0.05, 0.1) is 17.8 Å². The molecular formula is C16H14N2O4S3. The molecule has 0 fully saturated rings. The van der Waals surface area contributed by atoms with Crippen LogP contribution in [0.4, 0.5) is 5.69 Å². The average Bonchev–Trinajstić information content (AvgIpc) is 3.23. The molecule has 0 aliphatic carbocycles. The lowest BCUT2D eigenvalue weighted by Crippen LogP contribution is -2.15. The molecule has 0 aliphatic heterocycles. The lowest BCUT2D eigenvalue weighted by atomic mass is 10.1. The normalized spacial score (nSPS) is 11.3. The predicted molar refractivity (Wildman–Crippen MR) is 98.8 cm³/mol. The van der Waals surface area contributed by atoms with Gasteiger partial charge in [-0.05, 0) is 30.5 Å². The Balaban J connectivity index is 1.92. The van der Waals surface area contributed by atoms with Crippen LogP contribution in [0.5, 0.6) is 0 Å². The summed E-state index contributed by atoms with van der Waals surface area (Å²) in [6.07, 6.45) is 0. The fourth-order valence-electron chi connectivity index (χ4n) is 2.20. The van der Waals surface area contributed by atoms with Gasteiger partial charge in [-0.2, -0.15) is 0 Å². The van der Waals surface area contributed by atoms with Crippen molar-refractivity contribution in [2.45, 2.75) is 11.8 Å². The Labute approximate surface area is 153 Å². The number of rotatable bonds is 5. The van der Waals surface area contributed by atoms with Crippen LogP contribution in [-0.4, -0.2) is 26.5 Å². The molecule has 0 spiro atoms. The first-order valence-corrected chi connectivity index (χ1v) is 10.4. The average molecular weight is 394 g/mol. The van der Waals surface area contributed by atoms with Crippen molar-refractivity contribution in [1.29, 1.82) is 0 Å². The van der Waals surface area contributed by atoms with Gasteiger partial charge >= 0.3 is 5.97 Å². The molecule has 0 bridgehead atoms. The van der Waals surface area contributed by atoms with Crippen LogP contribution in [0.3, 0.4) is 0 Å². The second-order valence-electron chi connectivity index (χ2n) is 5.04. The number of aryl methyl sites for hydroxylation is 1. The van der Waals surface area contributed by atoms with Crippen molar-refractivity contribution in [1.82, 2.24) is 4.98 Å². The number of hydrogen-bond acceptors (Lipinski definition) is 7. The van der Waals surface area contributed by atoms with Crippen molar-refractivity contribution in [3.8, 4) is 11.3 Å². The number of sulfonamides is 1. The number of nitrogens with one attached hydrogen (secondary N) is 1. The molecule has 0 saturated heterocycles. The minimum Gasteiger partial charge on any atom is -0.465 e. The van der Waals surface area contributed by atoms with Crippen LogP contribution in [0.25, 0.3) is 11.3 Å². The van der Waals surface area contributed by atoms with Crippen LogP contribution < -0.4 is 4.72 Å².